The van der Waals surface area contributed by atoms with E-state index >= 15 is 0 Å². The third kappa shape index (κ3) is 2.19. The van der Waals surface area contributed by atoms with E-state index in [0.29, 0.717) is 6.10 Å². The molecule has 0 spiro atoms. The van der Waals surface area contributed by atoms with Crippen molar-refractivity contribution >= 4 is 0 Å². The van der Waals surface area contributed by atoms with Gasteiger partial charge in [-0.2, -0.15) is 0 Å². The monoisotopic (exact) mass is 156 g/mol. The molecule has 1 nitrogen and oxygen atoms in total. The fraction of sp³-hybridized carbons (Fsp3) is 1.00. The second kappa shape index (κ2) is 4.10. The zero-order valence-electron chi connectivity index (χ0n) is 7.97. The van der Waals surface area contributed by atoms with Crippen LogP contribution in [0.25, 0.3) is 0 Å². The van der Waals surface area contributed by atoms with Crippen LogP contribution in [0, 0.1) is 11.8 Å². The van der Waals surface area contributed by atoms with Gasteiger partial charge >= 0.3 is 0 Å². The van der Waals surface area contributed by atoms with E-state index in [0.717, 1.165) is 18.4 Å². The topological polar surface area (TPSA) is 9.23 Å². The predicted molar refractivity (Wildman–Crippen MR) is 47.6 cm³/mol. The van der Waals surface area contributed by atoms with Crippen molar-refractivity contribution in [2.75, 3.05) is 6.61 Å². The maximum Gasteiger partial charge on any atom is 0.0603 e. The van der Waals surface area contributed by atoms with Crippen molar-refractivity contribution in [1.82, 2.24) is 0 Å². The second-order valence-electron chi connectivity index (χ2n) is 3.76. The highest BCUT2D eigenvalue weighted by atomic mass is 16.5. The minimum absolute atomic E-state index is 0.545. The van der Waals surface area contributed by atoms with Crippen LogP contribution in [0.3, 0.4) is 0 Å². The number of ether oxygens (including phenoxy) is 1. The van der Waals surface area contributed by atoms with Gasteiger partial charge in [0.05, 0.1) is 6.10 Å². The van der Waals surface area contributed by atoms with Crippen molar-refractivity contribution in [1.29, 1.82) is 0 Å². The highest BCUT2D eigenvalue weighted by Gasteiger charge is 2.26. The lowest BCUT2D eigenvalue weighted by Crippen LogP contribution is -2.31. The number of hydrogen-bond acceptors (Lipinski definition) is 1. The quantitative estimate of drug-likeness (QED) is 0.597. The van der Waals surface area contributed by atoms with Gasteiger partial charge in [-0.3, -0.25) is 0 Å². The first-order valence-electron chi connectivity index (χ1n) is 4.87. The average Bonchev–Trinajstić information content (AvgIpc) is 1.99. The molecule has 0 amide bonds. The summed E-state index contributed by atoms with van der Waals surface area (Å²) < 4.78 is 5.67. The molecule has 1 aliphatic carbocycles. The molecule has 0 N–H and O–H groups in total. The van der Waals surface area contributed by atoms with Gasteiger partial charge in [-0.05, 0) is 25.2 Å². The Kier molecular flexibility index (Phi) is 3.38. The smallest absolute Gasteiger partial charge is 0.0603 e. The lowest BCUT2D eigenvalue weighted by molar-refractivity contribution is -0.0172. The molecule has 1 fully saturated rings. The SMILES string of the molecule is CCO[C@H]1CCCC(C)C1C. The van der Waals surface area contributed by atoms with Gasteiger partial charge in [0.25, 0.3) is 0 Å². The van der Waals surface area contributed by atoms with Crippen molar-refractivity contribution in [3.8, 4) is 0 Å². The standard InChI is InChI=1S/C10H20O/c1-4-11-10-7-5-6-8(2)9(10)3/h8-10H,4-7H2,1-3H3/t8?,9?,10-/m0/s1. The molecule has 0 aromatic heterocycles. The van der Waals surface area contributed by atoms with Crippen LogP contribution in [0.5, 0.6) is 0 Å². The summed E-state index contributed by atoms with van der Waals surface area (Å²) in [6.45, 7) is 7.63. The second-order valence-corrected chi connectivity index (χ2v) is 3.76. The van der Waals surface area contributed by atoms with Gasteiger partial charge in [0.1, 0.15) is 0 Å². The fourth-order valence-corrected chi connectivity index (χ4v) is 1.98. The molecule has 1 saturated carbocycles. The highest BCUT2D eigenvalue weighted by Crippen LogP contribution is 2.31. The summed E-state index contributed by atoms with van der Waals surface area (Å²) in [6.07, 6.45) is 4.57. The number of hydrogen-bond donors (Lipinski definition) is 0. The first kappa shape index (κ1) is 9.05. The molecule has 0 heterocycles. The van der Waals surface area contributed by atoms with Gasteiger partial charge in [0.2, 0.25) is 0 Å². The van der Waals surface area contributed by atoms with Gasteiger partial charge in [-0.1, -0.05) is 26.7 Å². The van der Waals surface area contributed by atoms with E-state index in [1.807, 2.05) is 0 Å². The molecule has 1 aliphatic rings. The summed E-state index contributed by atoms with van der Waals surface area (Å²) in [5, 5.41) is 0. The van der Waals surface area contributed by atoms with Crippen molar-refractivity contribution < 1.29 is 4.74 Å². The van der Waals surface area contributed by atoms with E-state index in [2.05, 4.69) is 20.8 Å². The molecule has 2 unspecified atom stereocenters. The Morgan fingerprint density at radius 1 is 1.27 bits per heavy atom. The van der Waals surface area contributed by atoms with Gasteiger partial charge in [-0.25, -0.2) is 0 Å². The molecule has 66 valence electrons. The molecule has 0 saturated heterocycles. The Labute approximate surface area is 70.1 Å². The Morgan fingerprint density at radius 2 is 2.00 bits per heavy atom. The van der Waals surface area contributed by atoms with Crippen molar-refractivity contribution in [3.05, 3.63) is 0 Å². The summed E-state index contributed by atoms with van der Waals surface area (Å²) in [7, 11) is 0. The summed E-state index contributed by atoms with van der Waals surface area (Å²) in [6, 6.07) is 0. The molecule has 0 aromatic rings. The van der Waals surface area contributed by atoms with E-state index in [1.165, 1.54) is 19.3 Å². The molecule has 1 heteroatoms. The maximum atomic E-state index is 5.67. The fourth-order valence-electron chi connectivity index (χ4n) is 1.98. The Hall–Kier alpha value is -0.0400. The lowest BCUT2D eigenvalue weighted by atomic mass is 9.79. The van der Waals surface area contributed by atoms with E-state index in [-0.39, 0.29) is 0 Å². The van der Waals surface area contributed by atoms with E-state index in [9.17, 15) is 0 Å². The summed E-state index contributed by atoms with van der Waals surface area (Å²) in [5.41, 5.74) is 0. The zero-order valence-corrected chi connectivity index (χ0v) is 7.97. The maximum absolute atomic E-state index is 5.67. The minimum Gasteiger partial charge on any atom is -0.378 e. The van der Waals surface area contributed by atoms with Crippen LogP contribution in [0.2, 0.25) is 0 Å². The molecule has 11 heavy (non-hydrogen) atoms. The van der Waals surface area contributed by atoms with E-state index < -0.39 is 0 Å². The molecular formula is C10H20O. The predicted octanol–water partition coefficient (Wildman–Crippen LogP) is 2.85. The zero-order chi connectivity index (χ0) is 8.27. The normalized spacial score (nSPS) is 39.0. The Bertz CT molecular complexity index is 109. The van der Waals surface area contributed by atoms with Crippen molar-refractivity contribution in [3.63, 3.8) is 0 Å². The van der Waals surface area contributed by atoms with Gasteiger partial charge in [0, 0.05) is 6.61 Å². The first-order chi connectivity index (χ1) is 5.25. The summed E-state index contributed by atoms with van der Waals surface area (Å²) in [4.78, 5) is 0. The van der Waals surface area contributed by atoms with Crippen LogP contribution in [0.1, 0.15) is 40.0 Å². The van der Waals surface area contributed by atoms with Crippen molar-refractivity contribution in [2.24, 2.45) is 11.8 Å². The third-order valence-electron chi connectivity index (χ3n) is 3.01. The molecule has 0 aliphatic heterocycles. The van der Waals surface area contributed by atoms with Crippen molar-refractivity contribution in [2.45, 2.75) is 46.1 Å². The molecule has 1 rings (SSSR count). The van der Waals surface area contributed by atoms with Gasteiger partial charge in [0.15, 0.2) is 0 Å². The number of rotatable bonds is 2. The van der Waals surface area contributed by atoms with Crippen LogP contribution in [0.15, 0.2) is 0 Å². The van der Waals surface area contributed by atoms with Crippen LogP contribution in [0.4, 0.5) is 0 Å². The van der Waals surface area contributed by atoms with Crippen LogP contribution < -0.4 is 0 Å². The molecule has 3 atom stereocenters. The van der Waals surface area contributed by atoms with Gasteiger partial charge in [-0.15, -0.1) is 0 Å². The average molecular weight is 156 g/mol. The summed E-state index contributed by atoms with van der Waals surface area (Å²) in [5.74, 6) is 1.63. The van der Waals surface area contributed by atoms with E-state index in [1.54, 1.807) is 0 Å². The molecular weight excluding hydrogens is 136 g/mol. The largest absolute Gasteiger partial charge is 0.378 e. The minimum atomic E-state index is 0.545. The lowest BCUT2D eigenvalue weighted by Gasteiger charge is -2.33. The van der Waals surface area contributed by atoms with Crippen LogP contribution >= 0.6 is 0 Å². The van der Waals surface area contributed by atoms with Crippen LogP contribution in [-0.4, -0.2) is 12.7 Å². The highest BCUT2D eigenvalue weighted by molar-refractivity contribution is 4.77. The Balaban J connectivity index is 2.38. The Morgan fingerprint density at radius 3 is 2.64 bits per heavy atom. The third-order valence-corrected chi connectivity index (χ3v) is 3.01. The van der Waals surface area contributed by atoms with Gasteiger partial charge < -0.3 is 4.74 Å². The molecule has 0 radical (unpaired) electrons. The summed E-state index contributed by atoms with van der Waals surface area (Å²) >= 11 is 0. The first-order valence-corrected chi connectivity index (χ1v) is 4.87. The van der Waals surface area contributed by atoms with E-state index in [4.69, 9.17) is 4.74 Å². The molecule has 0 aromatic carbocycles. The van der Waals surface area contributed by atoms with Crippen LogP contribution in [-0.2, 0) is 4.74 Å². The molecule has 0 bridgehead atoms.